The molecule has 0 aliphatic carbocycles. The van der Waals surface area contributed by atoms with Crippen molar-refractivity contribution in [2.45, 2.75) is 25.5 Å². The van der Waals surface area contributed by atoms with Crippen molar-refractivity contribution < 1.29 is 32.3 Å². The minimum Gasteiger partial charge on any atom is -0.372 e. The number of fused-ring (bicyclic) bond motifs is 1. The van der Waals surface area contributed by atoms with Crippen molar-refractivity contribution in [2.75, 3.05) is 11.4 Å². The van der Waals surface area contributed by atoms with Crippen molar-refractivity contribution in [1.82, 2.24) is 15.1 Å². The minimum atomic E-state index is -2.54. The Kier molecular flexibility index (Phi) is 5.33. The molecule has 2 N–H and O–H groups in total. The lowest BCUT2D eigenvalue weighted by Crippen LogP contribution is -2.52. The zero-order chi connectivity index (χ0) is 23.4. The number of benzene rings is 1. The van der Waals surface area contributed by atoms with Crippen LogP contribution in [0.2, 0.25) is 5.02 Å². The van der Waals surface area contributed by atoms with Gasteiger partial charge in [0.1, 0.15) is 5.82 Å². The van der Waals surface area contributed by atoms with E-state index < -0.39 is 63.7 Å². The van der Waals surface area contributed by atoms with Crippen LogP contribution in [0.15, 0.2) is 24.4 Å². The molecule has 12 heteroatoms. The van der Waals surface area contributed by atoms with Gasteiger partial charge in [0.15, 0.2) is 17.3 Å². The second-order valence-corrected chi connectivity index (χ2v) is 7.80. The molecule has 2 aromatic heterocycles. The Hall–Kier alpha value is -3.18. The third kappa shape index (κ3) is 3.37. The van der Waals surface area contributed by atoms with E-state index in [-0.39, 0.29) is 28.5 Å². The molecule has 7 nitrogen and oxygen atoms in total. The van der Waals surface area contributed by atoms with Gasteiger partial charge in [-0.15, -0.1) is 0 Å². The van der Waals surface area contributed by atoms with Crippen molar-refractivity contribution in [3.63, 3.8) is 0 Å². The first kappa shape index (κ1) is 22.0. The molecule has 1 atom stereocenters. The number of amides is 2. The van der Waals surface area contributed by atoms with Gasteiger partial charge in [0.05, 0.1) is 23.0 Å². The largest absolute Gasteiger partial charge is 0.372 e. The standard InChI is InChI=1S/C20H15ClF4N4O3/c1-9-15(23)14-16(24)13(8-26-17(14)29(9)25)28-3-2-20(32,19(28)31)18(30)27-7-10-4-11(21)6-12(22)5-10/h4-6,8,32H,2-3,7H2,1H3,(H,27,30). The Morgan fingerprint density at radius 1 is 1.28 bits per heavy atom. The molecular formula is C20H15ClF4N4O3. The lowest BCUT2D eigenvalue weighted by molar-refractivity contribution is -0.149. The summed E-state index contributed by atoms with van der Waals surface area (Å²) in [4.78, 5) is 29.6. The molecule has 1 unspecified atom stereocenters. The van der Waals surface area contributed by atoms with E-state index in [4.69, 9.17) is 11.6 Å². The third-order valence-electron chi connectivity index (χ3n) is 5.33. The molecule has 3 aromatic rings. The Bertz CT molecular complexity index is 1260. The van der Waals surface area contributed by atoms with Gasteiger partial charge in [-0.3, -0.25) is 9.59 Å². The summed E-state index contributed by atoms with van der Waals surface area (Å²) in [5.41, 5.74) is -3.86. The number of carbonyl (C=O) groups is 2. The molecule has 1 fully saturated rings. The molecule has 0 spiro atoms. The van der Waals surface area contributed by atoms with Crippen molar-refractivity contribution in [3.8, 4) is 0 Å². The van der Waals surface area contributed by atoms with E-state index in [1.807, 2.05) is 0 Å². The number of aromatic nitrogens is 2. The Morgan fingerprint density at radius 2 is 2.00 bits per heavy atom. The number of rotatable bonds is 4. The van der Waals surface area contributed by atoms with Gasteiger partial charge < -0.3 is 15.3 Å². The maximum absolute atomic E-state index is 15.0. The Morgan fingerprint density at radius 3 is 2.69 bits per heavy atom. The highest BCUT2D eigenvalue weighted by atomic mass is 35.5. The summed E-state index contributed by atoms with van der Waals surface area (Å²) in [5.74, 6) is -5.31. The molecular weight excluding hydrogens is 456 g/mol. The molecule has 4 rings (SSSR count). The molecule has 168 valence electrons. The molecule has 32 heavy (non-hydrogen) atoms. The fourth-order valence-corrected chi connectivity index (χ4v) is 3.86. The molecule has 1 aromatic carbocycles. The van der Waals surface area contributed by atoms with Gasteiger partial charge in [-0.1, -0.05) is 16.1 Å². The SMILES string of the molecule is Cc1c(F)c2c(F)c(N3CCC(O)(C(=O)NCc4cc(F)cc(Cl)c4)C3=O)cnc2n1F. The van der Waals surface area contributed by atoms with Gasteiger partial charge in [0, 0.05) is 24.5 Å². The molecule has 3 heterocycles. The zero-order valence-electron chi connectivity index (χ0n) is 16.4. The number of halogens is 5. The van der Waals surface area contributed by atoms with Crippen LogP contribution in [0.5, 0.6) is 0 Å². The normalized spacial score (nSPS) is 18.6. The highest BCUT2D eigenvalue weighted by Crippen LogP contribution is 2.35. The maximum Gasteiger partial charge on any atom is 0.269 e. The van der Waals surface area contributed by atoms with E-state index in [1.165, 1.54) is 6.07 Å². The molecule has 0 saturated carbocycles. The Labute approximate surface area is 183 Å². The van der Waals surface area contributed by atoms with E-state index in [0.29, 0.717) is 0 Å². The highest BCUT2D eigenvalue weighted by Gasteiger charge is 2.52. The molecule has 1 aliphatic heterocycles. The van der Waals surface area contributed by atoms with E-state index in [9.17, 15) is 32.3 Å². The number of aliphatic hydroxyl groups is 1. The van der Waals surface area contributed by atoms with Crippen LogP contribution in [-0.4, -0.2) is 38.8 Å². The number of anilines is 1. The van der Waals surface area contributed by atoms with Crippen LogP contribution >= 0.6 is 11.6 Å². The van der Waals surface area contributed by atoms with Gasteiger partial charge in [-0.05, 0) is 30.7 Å². The van der Waals surface area contributed by atoms with E-state index in [1.54, 1.807) is 0 Å². The predicted molar refractivity (Wildman–Crippen MR) is 106 cm³/mol. The summed E-state index contributed by atoms with van der Waals surface area (Å²) in [7, 11) is 0. The second kappa shape index (κ2) is 7.75. The van der Waals surface area contributed by atoms with Crippen LogP contribution in [0, 0.1) is 24.4 Å². The van der Waals surface area contributed by atoms with Crippen molar-refractivity contribution >= 4 is 40.1 Å². The predicted octanol–water partition coefficient (Wildman–Crippen LogP) is 2.93. The van der Waals surface area contributed by atoms with Crippen LogP contribution < -0.4 is 10.2 Å². The molecule has 1 saturated heterocycles. The van der Waals surface area contributed by atoms with Crippen LogP contribution in [0.3, 0.4) is 0 Å². The monoisotopic (exact) mass is 470 g/mol. The van der Waals surface area contributed by atoms with Crippen molar-refractivity contribution in [1.29, 1.82) is 0 Å². The van der Waals surface area contributed by atoms with Crippen molar-refractivity contribution in [2.24, 2.45) is 0 Å². The summed E-state index contributed by atoms with van der Waals surface area (Å²) in [6, 6.07) is 3.57. The van der Waals surface area contributed by atoms with Gasteiger partial charge in [0.2, 0.25) is 5.60 Å². The van der Waals surface area contributed by atoms with Crippen LogP contribution in [0.4, 0.5) is 23.3 Å². The summed E-state index contributed by atoms with van der Waals surface area (Å²) >= 11 is 5.75. The van der Waals surface area contributed by atoms with Crippen LogP contribution in [-0.2, 0) is 16.1 Å². The number of hydrogen-bond acceptors (Lipinski definition) is 4. The Balaban J connectivity index is 1.58. The van der Waals surface area contributed by atoms with Crippen molar-refractivity contribution in [3.05, 3.63) is 58.1 Å². The van der Waals surface area contributed by atoms with Gasteiger partial charge >= 0.3 is 0 Å². The number of nitrogens with one attached hydrogen (secondary N) is 1. The first-order chi connectivity index (χ1) is 15.0. The number of carbonyl (C=O) groups excluding carboxylic acids is 2. The first-order valence-electron chi connectivity index (χ1n) is 9.33. The third-order valence-corrected chi connectivity index (χ3v) is 5.55. The average Bonchev–Trinajstić information content (AvgIpc) is 3.16. The van der Waals surface area contributed by atoms with Crippen LogP contribution in [0.1, 0.15) is 17.7 Å². The molecule has 0 bridgehead atoms. The van der Waals surface area contributed by atoms with Gasteiger partial charge in [0.25, 0.3) is 11.8 Å². The van der Waals surface area contributed by atoms with Crippen LogP contribution in [0.25, 0.3) is 11.0 Å². The number of nitrogens with zero attached hydrogens (tertiary/aromatic N) is 3. The second-order valence-electron chi connectivity index (χ2n) is 7.36. The lowest BCUT2D eigenvalue weighted by atomic mass is 10.0. The highest BCUT2D eigenvalue weighted by molar-refractivity contribution is 6.30. The summed E-state index contributed by atoms with van der Waals surface area (Å²) in [6.07, 6.45) is 0.424. The minimum absolute atomic E-state index is 0.0963. The fraction of sp³-hybridized carbons (Fsp3) is 0.250. The first-order valence-corrected chi connectivity index (χ1v) is 9.71. The summed E-state index contributed by atoms with van der Waals surface area (Å²) in [5, 5.41) is 12.3. The number of hydrogen-bond donors (Lipinski definition) is 2. The topological polar surface area (TPSA) is 87.5 Å². The average molecular weight is 471 g/mol. The summed E-state index contributed by atoms with van der Waals surface area (Å²) in [6.45, 7) is 0.573. The van der Waals surface area contributed by atoms with E-state index in [2.05, 4.69) is 10.3 Å². The molecule has 1 aliphatic rings. The number of pyridine rings is 1. The van der Waals surface area contributed by atoms with Gasteiger partial charge in [-0.2, -0.15) is 4.79 Å². The van der Waals surface area contributed by atoms with Gasteiger partial charge in [-0.25, -0.2) is 18.2 Å². The van der Waals surface area contributed by atoms with E-state index in [0.717, 1.165) is 30.2 Å². The molecule has 2 amide bonds. The van der Waals surface area contributed by atoms with E-state index >= 15 is 0 Å². The maximum atomic E-state index is 15.0. The zero-order valence-corrected chi connectivity index (χ0v) is 17.2. The lowest BCUT2D eigenvalue weighted by Gasteiger charge is -2.22. The fourth-order valence-electron chi connectivity index (χ4n) is 3.61. The smallest absolute Gasteiger partial charge is 0.269 e. The molecule has 0 radical (unpaired) electrons. The summed E-state index contributed by atoms with van der Waals surface area (Å²) < 4.78 is 56.6. The quantitative estimate of drug-likeness (QED) is 0.453.